The monoisotopic (exact) mass is 402 g/mol. The first-order valence-electron chi connectivity index (χ1n) is 9.84. The van der Waals surface area contributed by atoms with Gasteiger partial charge in [-0.1, -0.05) is 24.3 Å². The van der Waals surface area contributed by atoms with E-state index in [1.165, 1.54) is 0 Å². The number of nitrogens with zero attached hydrogens (tertiary/aromatic N) is 1. The molecular formula is C22H24F2N2O3. The minimum Gasteiger partial charge on any atom is -0.493 e. The molecule has 2 atom stereocenters. The van der Waals surface area contributed by atoms with Crippen LogP contribution in [0.1, 0.15) is 36.1 Å². The standard InChI is InChI=1S/C22H24F2N2O3/c1-14(21(27)25-19-9-11-28-20-5-3-2-4-18(19)20)26-10-8-15-6-7-17(29-22(23)24)12-16(15)13-26/h2-7,12,14,19,22H,8-11,13H2,1H3,(H,25,27)/t14-,19+/m1/s1. The van der Waals surface area contributed by atoms with Gasteiger partial charge in [-0.05, 0) is 42.7 Å². The highest BCUT2D eigenvalue weighted by Gasteiger charge is 2.29. The van der Waals surface area contributed by atoms with Gasteiger partial charge in [-0.2, -0.15) is 8.78 Å². The Morgan fingerprint density at radius 1 is 1.24 bits per heavy atom. The Morgan fingerprint density at radius 2 is 2.07 bits per heavy atom. The molecule has 5 nitrogen and oxygen atoms in total. The maximum absolute atomic E-state index is 12.9. The van der Waals surface area contributed by atoms with E-state index in [1.54, 1.807) is 12.1 Å². The van der Waals surface area contributed by atoms with Crippen molar-refractivity contribution < 1.29 is 23.0 Å². The number of rotatable bonds is 5. The quantitative estimate of drug-likeness (QED) is 0.829. The predicted octanol–water partition coefficient (Wildman–Crippen LogP) is 3.67. The molecular weight excluding hydrogens is 378 g/mol. The highest BCUT2D eigenvalue weighted by atomic mass is 19.3. The van der Waals surface area contributed by atoms with Crippen LogP contribution >= 0.6 is 0 Å². The van der Waals surface area contributed by atoms with Crippen molar-refractivity contribution in [3.8, 4) is 11.5 Å². The Kier molecular flexibility index (Phi) is 5.67. The lowest BCUT2D eigenvalue weighted by Crippen LogP contribution is -2.48. The lowest BCUT2D eigenvalue weighted by molar-refractivity contribution is -0.127. The molecule has 0 saturated carbocycles. The molecule has 0 aromatic heterocycles. The molecule has 2 heterocycles. The van der Waals surface area contributed by atoms with E-state index in [-0.39, 0.29) is 23.7 Å². The SMILES string of the molecule is C[C@H](C(=O)N[C@H]1CCOc2ccccc21)N1CCc2ccc(OC(F)F)cc2C1. The van der Waals surface area contributed by atoms with Crippen LogP contribution in [0.5, 0.6) is 11.5 Å². The summed E-state index contributed by atoms with van der Waals surface area (Å²) in [5.41, 5.74) is 3.02. The summed E-state index contributed by atoms with van der Waals surface area (Å²) in [5, 5.41) is 3.15. The van der Waals surface area contributed by atoms with Crippen LogP contribution < -0.4 is 14.8 Å². The second-order valence-corrected chi connectivity index (χ2v) is 7.44. The van der Waals surface area contributed by atoms with Gasteiger partial charge in [0.2, 0.25) is 5.91 Å². The van der Waals surface area contributed by atoms with Crippen molar-refractivity contribution in [1.29, 1.82) is 0 Å². The van der Waals surface area contributed by atoms with Crippen molar-refractivity contribution in [3.63, 3.8) is 0 Å². The van der Waals surface area contributed by atoms with E-state index in [1.807, 2.05) is 37.3 Å². The lowest BCUT2D eigenvalue weighted by atomic mass is 9.97. The number of nitrogens with one attached hydrogen (secondary N) is 1. The summed E-state index contributed by atoms with van der Waals surface area (Å²) in [4.78, 5) is 15.0. The maximum Gasteiger partial charge on any atom is 0.387 e. The van der Waals surface area contributed by atoms with Crippen LogP contribution in [0.15, 0.2) is 42.5 Å². The highest BCUT2D eigenvalue weighted by molar-refractivity contribution is 5.82. The minimum absolute atomic E-state index is 0.0462. The van der Waals surface area contributed by atoms with Gasteiger partial charge in [-0.25, -0.2) is 0 Å². The summed E-state index contributed by atoms with van der Waals surface area (Å²) in [6, 6.07) is 12.4. The molecule has 2 aliphatic heterocycles. The zero-order valence-electron chi connectivity index (χ0n) is 16.2. The number of hydrogen-bond acceptors (Lipinski definition) is 4. The minimum atomic E-state index is -2.85. The largest absolute Gasteiger partial charge is 0.493 e. The number of amides is 1. The number of benzene rings is 2. The van der Waals surface area contributed by atoms with Gasteiger partial charge in [-0.15, -0.1) is 0 Å². The maximum atomic E-state index is 12.9. The number of para-hydroxylation sites is 1. The van der Waals surface area contributed by atoms with Crippen molar-refractivity contribution in [2.75, 3.05) is 13.2 Å². The Morgan fingerprint density at radius 3 is 2.90 bits per heavy atom. The van der Waals surface area contributed by atoms with Crippen molar-refractivity contribution in [2.45, 2.75) is 45.0 Å². The summed E-state index contributed by atoms with van der Waals surface area (Å²) in [5.74, 6) is 0.918. The second-order valence-electron chi connectivity index (χ2n) is 7.44. The summed E-state index contributed by atoms with van der Waals surface area (Å²) in [6.07, 6.45) is 1.49. The van der Waals surface area contributed by atoms with Crippen LogP contribution in [0.4, 0.5) is 8.78 Å². The molecule has 0 bridgehead atoms. The number of fused-ring (bicyclic) bond motifs is 2. The zero-order valence-corrected chi connectivity index (χ0v) is 16.2. The third-order valence-corrected chi connectivity index (χ3v) is 5.65. The van der Waals surface area contributed by atoms with Crippen molar-refractivity contribution in [3.05, 3.63) is 59.2 Å². The lowest BCUT2D eigenvalue weighted by Gasteiger charge is -2.34. The molecule has 2 aliphatic rings. The Bertz CT molecular complexity index is 890. The molecule has 1 N–H and O–H groups in total. The fourth-order valence-electron chi connectivity index (χ4n) is 4.01. The van der Waals surface area contributed by atoms with Crippen molar-refractivity contribution in [2.24, 2.45) is 0 Å². The number of halogens is 2. The van der Waals surface area contributed by atoms with Gasteiger partial charge in [-0.3, -0.25) is 9.69 Å². The molecule has 0 fully saturated rings. The first-order chi connectivity index (χ1) is 14.0. The molecule has 4 rings (SSSR count). The molecule has 0 unspecified atom stereocenters. The van der Waals surface area contributed by atoms with E-state index in [2.05, 4.69) is 15.0 Å². The number of carbonyl (C=O) groups is 1. The third-order valence-electron chi connectivity index (χ3n) is 5.65. The molecule has 0 spiro atoms. The van der Waals surface area contributed by atoms with Crippen LogP contribution in [-0.2, 0) is 17.8 Å². The fraction of sp³-hybridized carbons (Fsp3) is 0.409. The number of carbonyl (C=O) groups excluding carboxylic acids is 1. The number of alkyl halides is 2. The normalized spacial score (nSPS) is 19.7. The smallest absolute Gasteiger partial charge is 0.387 e. The summed E-state index contributed by atoms with van der Waals surface area (Å²) in [7, 11) is 0. The second kappa shape index (κ2) is 8.37. The van der Waals surface area contributed by atoms with E-state index in [4.69, 9.17) is 4.74 Å². The van der Waals surface area contributed by atoms with Gasteiger partial charge in [0.15, 0.2) is 0 Å². The van der Waals surface area contributed by atoms with E-state index >= 15 is 0 Å². The van der Waals surface area contributed by atoms with Gasteiger partial charge in [0.25, 0.3) is 0 Å². The number of ether oxygens (including phenoxy) is 2. The van der Waals surface area contributed by atoms with Crippen molar-refractivity contribution >= 4 is 5.91 Å². The van der Waals surface area contributed by atoms with Gasteiger partial charge < -0.3 is 14.8 Å². The highest BCUT2D eigenvalue weighted by Crippen LogP contribution is 2.32. The Balaban J connectivity index is 1.43. The van der Waals surface area contributed by atoms with Crippen LogP contribution in [0, 0.1) is 0 Å². The van der Waals surface area contributed by atoms with Gasteiger partial charge >= 0.3 is 6.61 Å². The summed E-state index contributed by atoms with van der Waals surface area (Å²) >= 11 is 0. The van der Waals surface area contributed by atoms with Gasteiger partial charge in [0, 0.05) is 25.1 Å². The van der Waals surface area contributed by atoms with Gasteiger partial charge in [0.1, 0.15) is 11.5 Å². The van der Waals surface area contributed by atoms with Gasteiger partial charge in [0.05, 0.1) is 18.7 Å². The molecule has 0 saturated heterocycles. The first kappa shape index (κ1) is 19.6. The van der Waals surface area contributed by atoms with Crippen LogP contribution in [0.25, 0.3) is 0 Å². The summed E-state index contributed by atoms with van der Waals surface area (Å²) < 4.78 is 35.2. The fourth-order valence-corrected chi connectivity index (χ4v) is 4.01. The zero-order chi connectivity index (χ0) is 20.4. The molecule has 29 heavy (non-hydrogen) atoms. The Labute approximate surface area is 168 Å². The van der Waals surface area contributed by atoms with Crippen LogP contribution in [0.3, 0.4) is 0 Å². The number of hydrogen-bond donors (Lipinski definition) is 1. The third kappa shape index (κ3) is 4.34. The average Bonchev–Trinajstić information content (AvgIpc) is 2.72. The molecule has 2 aromatic carbocycles. The molecule has 7 heteroatoms. The van der Waals surface area contributed by atoms with Crippen molar-refractivity contribution in [1.82, 2.24) is 10.2 Å². The molecule has 0 aliphatic carbocycles. The first-order valence-corrected chi connectivity index (χ1v) is 9.84. The van der Waals surface area contributed by atoms with Crippen LogP contribution in [-0.4, -0.2) is 36.6 Å². The summed E-state index contributed by atoms with van der Waals surface area (Å²) in [6.45, 7) is 0.862. The molecule has 154 valence electrons. The predicted molar refractivity (Wildman–Crippen MR) is 104 cm³/mol. The van der Waals surface area contributed by atoms with E-state index in [9.17, 15) is 13.6 Å². The van der Waals surface area contributed by atoms with E-state index < -0.39 is 6.61 Å². The topological polar surface area (TPSA) is 50.8 Å². The van der Waals surface area contributed by atoms with E-state index in [0.29, 0.717) is 13.2 Å². The average molecular weight is 402 g/mol. The molecule has 0 radical (unpaired) electrons. The van der Waals surface area contributed by atoms with Crippen LogP contribution in [0.2, 0.25) is 0 Å². The van der Waals surface area contributed by atoms with E-state index in [0.717, 1.165) is 41.8 Å². The molecule has 1 amide bonds. The molecule has 2 aromatic rings. The Hall–Kier alpha value is -2.67.